The van der Waals surface area contributed by atoms with Gasteiger partial charge in [0.15, 0.2) is 9.50 Å². The van der Waals surface area contributed by atoms with E-state index in [9.17, 15) is 4.79 Å². The number of rotatable bonds is 9. The molecule has 11 heteroatoms. The zero-order chi connectivity index (χ0) is 24.0. The number of thiazole rings is 1. The van der Waals surface area contributed by atoms with Crippen molar-refractivity contribution < 1.29 is 4.79 Å². The summed E-state index contributed by atoms with van der Waals surface area (Å²) in [6.07, 6.45) is 1.62. The molecule has 3 heterocycles. The Bertz CT molecular complexity index is 1420. The quantitative estimate of drug-likeness (QED) is 0.270. The molecule has 1 N–H and O–H groups in total. The van der Waals surface area contributed by atoms with E-state index < -0.39 is 0 Å². The molecule has 8 nitrogen and oxygen atoms in total. The number of carbonyl (C=O) groups excluding carboxylic acids is 1. The van der Waals surface area contributed by atoms with E-state index in [1.165, 1.54) is 16.5 Å². The molecule has 0 saturated heterocycles. The molecule has 35 heavy (non-hydrogen) atoms. The number of carbonyl (C=O) groups is 1. The van der Waals surface area contributed by atoms with Gasteiger partial charge in [0.2, 0.25) is 11.9 Å². The molecule has 3 aromatic heterocycles. The molecule has 0 atom stereocenters. The fourth-order valence-electron chi connectivity index (χ4n) is 3.30. The number of benzene rings is 2. The van der Waals surface area contributed by atoms with Crippen LogP contribution in [0.1, 0.15) is 17.1 Å². The van der Waals surface area contributed by atoms with E-state index in [1.807, 2.05) is 43.3 Å². The van der Waals surface area contributed by atoms with E-state index >= 15 is 0 Å². The highest BCUT2D eigenvalue weighted by Crippen LogP contribution is 2.32. The Labute approximate surface area is 214 Å². The summed E-state index contributed by atoms with van der Waals surface area (Å²) >= 11 is 4.66. The van der Waals surface area contributed by atoms with Gasteiger partial charge in [-0.25, -0.2) is 15.0 Å². The minimum atomic E-state index is -0.194. The number of para-hydroxylation sites is 1. The van der Waals surface area contributed by atoms with Crippen LogP contribution in [0.3, 0.4) is 0 Å². The van der Waals surface area contributed by atoms with Gasteiger partial charge >= 0.3 is 0 Å². The lowest BCUT2D eigenvalue weighted by atomic mass is 10.2. The highest BCUT2D eigenvalue weighted by Gasteiger charge is 2.16. The molecule has 0 spiro atoms. The average Bonchev–Trinajstić information content (AvgIpc) is 3.45. The van der Waals surface area contributed by atoms with Crippen LogP contribution < -0.4 is 5.32 Å². The molecule has 1 amide bonds. The monoisotopic (exact) mass is 519 g/mol. The fourth-order valence-corrected chi connectivity index (χ4v) is 6.06. The van der Waals surface area contributed by atoms with Gasteiger partial charge in [-0.2, -0.15) is 0 Å². The topological polar surface area (TPSA) is 98.5 Å². The first-order chi connectivity index (χ1) is 17.1. The van der Waals surface area contributed by atoms with Crippen molar-refractivity contribution in [3.63, 3.8) is 0 Å². The Hall–Kier alpha value is -3.28. The van der Waals surface area contributed by atoms with Crippen molar-refractivity contribution in [2.45, 2.75) is 28.7 Å². The molecule has 0 aliphatic carbocycles. The zero-order valence-corrected chi connectivity index (χ0v) is 21.2. The summed E-state index contributed by atoms with van der Waals surface area (Å²) < 4.78 is 4.23. The van der Waals surface area contributed by atoms with Crippen LogP contribution in [0.5, 0.6) is 0 Å². The lowest BCUT2D eigenvalue weighted by Gasteiger charge is -2.10. The number of fused-ring (bicyclic) bond motifs is 1. The Morgan fingerprint density at radius 1 is 1.00 bits per heavy atom. The van der Waals surface area contributed by atoms with Crippen LogP contribution in [0.2, 0.25) is 0 Å². The molecular weight excluding hydrogens is 499 g/mol. The van der Waals surface area contributed by atoms with Crippen molar-refractivity contribution in [2.24, 2.45) is 0 Å². The SMILES string of the molecule is Cc1ccnc(NC(=O)CSc2nnc(CSc3nc4ccccc4s3)n2Cc2ccccc2)n1. The minimum Gasteiger partial charge on any atom is -0.301 e. The summed E-state index contributed by atoms with van der Waals surface area (Å²) in [5.74, 6) is 1.75. The van der Waals surface area contributed by atoms with E-state index in [4.69, 9.17) is 4.98 Å². The van der Waals surface area contributed by atoms with Crippen molar-refractivity contribution in [2.75, 3.05) is 11.1 Å². The highest BCUT2D eigenvalue weighted by atomic mass is 32.2. The van der Waals surface area contributed by atoms with E-state index in [0.717, 1.165) is 26.9 Å². The third kappa shape index (κ3) is 6.05. The van der Waals surface area contributed by atoms with Crippen LogP contribution >= 0.6 is 34.9 Å². The number of aryl methyl sites for hydroxylation is 1. The summed E-state index contributed by atoms with van der Waals surface area (Å²) in [7, 11) is 0. The molecule has 0 saturated carbocycles. The summed E-state index contributed by atoms with van der Waals surface area (Å²) in [4.78, 5) is 25.5. The number of nitrogens with one attached hydrogen (secondary N) is 1. The molecule has 0 bridgehead atoms. The summed E-state index contributed by atoms with van der Waals surface area (Å²) in [6, 6.07) is 20.1. The van der Waals surface area contributed by atoms with Crippen LogP contribution in [0.4, 0.5) is 5.95 Å². The van der Waals surface area contributed by atoms with Gasteiger partial charge in [-0.1, -0.05) is 66.0 Å². The van der Waals surface area contributed by atoms with E-state index in [-0.39, 0.29) is 11.7 Å². The van der Waals surface area contributed by atoms with E-state index in [1.54, 1.807) is 35.4 Å². The number of hydrogen-bond acceptors (Lipinski definition) is 9. The number of thioether (sulfide) groups is 2. The fraction of sp³-hybridized carbons (Fsp3) is 0.167. The van der Waals surface area contributed by atoms with Crippen LogP contribution in [-0.4, -0.2) is 41.4 Å². The van der Waals surface area contributed by atoms with Crippen molar-refractivity contribution in [3.05, 3.63) is 83.9 Å². The number of hydrogen-bond donors (Lipinski definition) is 1. The molecule has 5 aromatic rings. The van der Waals surface area contributed by atoms with Crippen LogP contribution in [-0.2, 0) is 17.1 Å². The smallest absolute Gasteiger partial charge is 0.237 e. The lowest BCUT2D eigenvalue weighted by molar-refractivity contribution is -0.113. The maximum Gasteiger partial charge on any atom is 0.237 e. The second-order valence-electron chi connectivity index (χ2n) is 7.57. The number of nitrogens with zero attached hydrogens (tertiary/aromatic N) is 6. The Kier molecular flexibility index (Phi) is 7.36. The van der Waals surface area contributed by atoms with Gasteiger partial charge in [-0.15, -0.1) is 21.5 Å². The van der Waals surface area contributed by atoms with E-state index in [0.29, 0.717) is 23.4 Å². The van der Waals surface area contributed by atoms with E-state index in [2.05, 4.69) is 48.2 Å². The molecule has 0 aliphatic rings. The molecule has 5 rings (SSSR count). The first-order valence-electron chi connectivity index (χ1n) is 10.8. The lowest BCUT2D eigenvalue weighted by Crippen LogP contribution is -2.17. The summed E-state index contributed by atoms with van der Waals surface area (Å²) in [6.45, 7) is 2.47. The zero-order valence-electron chi connectivity index (χ0n) is 18.8. The molecule has 176 valence electrons. The van der Waals surface area contributed by atoms with Gasteiger partial charge in [0.05, 0.1) is 28.3 Å². The first kappa shape index (κ1) is 23.5. The predicted molar refractivity (Wildman–Crippen MR) is 141 cm³/mol. The van der Waals surface area contributed by atoms with Gasteiger partial charge in [-0.3, -0.25) is 10.1 Å². The van der Waals surface area contributed by atoms with Gasteiger partial charge in [0.1, 0.15) is 5.82 Å². The largest absolute Gasteiger partial charge is 0.301 e. The van der Waals surface area contributed by atoms with Crippen molar-refractivity contribution in [1.29, 1.82) is 0 Å². The second kappa shape index (κ2) is 11.0. The first-order valence-corrected chi connectivity index (χ1v) is 13.6. The van der Waals surface area contributed by atoms with Crippen LogP contribution in [0.25, 0.3) is 10.2 Å². The summed E-state index contributed by atoms with van der Waals surface area (Å²) in [5.41, 5.74) is 2.93. The van der Waals surface area contributed by atoms with Gasteiger partial charge in [0, 0.05) is 11.9 Å². The molecular formula is C24H21N7OS3. The van der Waals surface area contributed by atoms with Crippen LogP contribution in [0, 0.1) is 6.92 Å². The average molecular weight is 520 g/mol. The van der Waals surface area contributed by atoms with Gasteiger partial charge < -0.3 is 4.57 Å². The van der Waals surface area contributed by atoms with Crippen molar-refractivity contribution in [3.8, 4) is 0 Å². The second-order valence-corrected chi connectivity index (χ2v) is 10.8. The maximum absolute atomic E-state index is 12.5. The third-order valence-electron chi connectivity index (χ3n) is 4.95. The molecule has 0 aliphatic heterocycles. The van der Waals surface area contributed by atoms with Crippen molar-refractivity contribution >= 4 is 56.9 Å². The maximum atomic E-state index is 12.5. The third-order valence-corrected chi connectivity index (χ3v) is 8.10. The molecule has 2 aromatic carbocycles. The van der Waals surface area contributed by atoms with Crippen LogP contribution in [0.15, 0.2) is 76.4 Å². The molecule has 0 fully saturated rings. The van der Waals surface area contributed by atoms with Gasteiger partial charge in [-0.05, 0) is 30.7 Å². The highest BCUT2D eigenvalue weighted by molar-refractivity contribution is 8.00. The summed E-state index contributed by atoms with van der Waals surface area (Å²) in [5, 5.41) is 12.3. The molecule has 0 unspecified atom stereocenters. The number of amides is 1. The minimum absolute atomic E-state index is 0.176. The Morgan fingerprint density at radius 2 is 1.83 bits per heavy atom. The normalized spacial score (nSPS) is 11.1. The van der Waals surface area contributed by atoms with Crippen molar-refractivity contribution in [1.82, 2.24) is 29.7 Å². The Morgan fingerprint density at radius 3 is 2.66 bits per heavy atom. The molecule has 0 radical (unpaired) electrons. The number of anilines is 1. The predicted octanol–water partition coefficient (Wildman–Crippen LogP) is 5.06. The van der Waals surface area contributed by atoms with Gasteiger partial charge in [0.25, 0.3) is 0 Å². The standard InChI is InChI=1S/C24H21N7OS3/c1-16-11-12-25-22(26-16)28-21(32)15-33-23-30-29-20(31(23)13-17-7-3-2-4-8-17)14-34-24-27-18-9-5-6-10-19(18)35-24/h2-12H,13-15H2,1H3,(H,25,26,28,32). The number of aromatic nitrogens is 6. The Balaban J connectivity index is 1.30.